The van der Waals surface area contributed by atoms with Crippen LogP contribution in [0.5, 0.6) is 0 Å². The quantitative estimate of drug-likeness (QED) is 0.656. The molecule has 0 unspecified atom stereocenters. The SMILES string of the molecule is O=C1[C@@H](C#Cc2ccccc2)O[C@@H](c2ccccc2)N1c1ccccc1. The molecule has 0 aromatic heterocycles. The molecule has 4 rings (SSSR count). The number of carbonyl (C=O) groups excluding carboxylic acids is 1. The maximum absolute atomic E-state index is 13.0. The maximum atomic E-state index is 13.0. The van der Waals surface area contributed by atoms with Crippen LogP contribution in [0.25, 0.3) is 0 Å². The molecule has 3 heteroatoms. The van der Waals surface area contributed by atoms with Crippen LogP contribution in [0.2, 0.25) is 0 Å². The van der Waals surface area contributed by atoms with Gasteiger partial charge in [-0.3, -0.25) is 9.69 Å². The zero-order valence-corrected chi connectivity index (χ0v) is 14.1. The van der Waals surface area contributed by atoms with Gasteiger partial charge in [0.2, 0.25) is 0 Å². The van der Waals surface area contributed by atoms with Gasteiger partial charge in [-0.2, -0.15) is 0 Å². The van der Waals surface area contributed by atoms with Crippen LogP contribution in [0.4, 0.5) is 5.69 Å². The van der Waals surface area contributed by atoms with Crippen LogP contribution in [0.15, 0.2) is 91.0 Å². The highest BCUT2D eigenvalue weighted by molar-refractivity contribution is 6.00. The molecular weight excluding hydrogens is 322 g/mol. The number of para-hydroxylation sites is 1. The van der Waals surface area contributed by atoms with E-state index in [1.54, 1.807) is 4.90 Å². The molecule has 2 atom stereocenters. The fraction of sp³-hybridized carbons (Fsp3) is 0.0870. The molecule has 1 heterocycles. The van der Waals surface area contributed by atoms with Gasteiger partial charge in [-0.05, 0) is 24.3 Å². The second-order valence-electron chi connectivity index (χ2n) is 5.96. The summed E-state index contributed by atoms with van der Waals surface area (Å²) in [5, 5.41) is 0. The first-order valence-electron chi connectivity index (χ1n) is 8.48. The fourth-order valence-corrected chi connectivity index (χ4v) is 2.95. The highest BCUT2D eigenvalue weighted by atomic mass is 16.5. The number of hydrogen-bond donors (Lipinski definition) is 0. The Balaban J connectivity index is 1.69. The van der Waals surface area contributed by atoms with Crippen LogP contribution >= 0.6 is 0 Å². The van der Waals surface area contributed by atoms with Gasteiger partial charge in [0.05, 0.1) is 0 Å². The van der Waals surface area contributed by atoms with Gasteiger partial charge in [0.1, 0.15) is 0 Å². The molecule has 126 valence electrons. The van der Waals surface area contributed by atoms with Gasteiger partial charge in [-0.15, -0.1) is 0 Å². The standard InChI is InChI=1S/C23H17NO2/c25-22-21(17-16-18-10-4-1-5-11-18)26-23(19-12-6-2-7-13-19)24(22)20-14-8-3-9-15-20/h1-15,21,23H/t21-,23+/m1/s1. The number of amides is 1. The summed E-state index contributed by atoms with van der Waals surface area (Å²) >= 11 is 0. The lowest BCUT2D eigenvalue weighted by Gasteiger charge is -2.23. The van der Waals surface area contributed by atoms with Crippen molar-refractivity contribution in [2.75, 3.05) is 4.90 Å². The summed E-state index contributed by atoms with van der Waals surface area (Å²) in [5.74, 6) is 5.88. The summed E-state index contributed by atoms with van der Waals surface area (Å²) in [5.41, 5.74) is 2.59. The van der Waals surface area contributed by atoms with E-state index in [1.165, 1.54) is 0 Å². The average molecular weight is 339 g/mol. The lowest BCUT2D eigenvalue weighted by Crippen LogP contribution is -2.30. The van der Waals surface area contributed by atoms with Gasteiger partial charge in [-0.25, -0.2) is 0 Å². The number of anilines is 1. The van der Waals surface area contributed by atoms with E-state index in [1.807, 2.05) is 91.0 Å². The molecule has 0 saturated carbocycles. The molecular formula is C23H17NO2. The van der Waals surface area contributed by atoms with Crippen LogP contribution in [0, 0.1) is 11.8 Å². The maximum Gasteiger partial charge on any atom is 0.271 e. The van der Waals surface area contributed by atoms with E-state index in [-0.39, 0.29) is 5.91 Å². The lowest BCUT2D eigenvalue weighted by molar-refractivity contribution is -0.120. The Hall–Kier alpha value is -3.35. The van der Waals surface area contributed by atoms with E-state index in [9.17, 15) is 4.79 Å². The third kappa shape index (κ3) is 3.23. The monoisotopic (exact) mass is 339 g/mol. The number of hydrogen-bond acceptors (Lipinski definition) is 2. The van der Waals surface area contributed by atoms with Gasteiger partial charge < -0.3 is 4.74 Å². The first-order valence-corrected chi connectivity index (χ1v) is 8.48. The number of rotatable bonds is 2. The molecule has 0 bridgehead atoms. The van der Waals surface area contributed by atoms with Crippen molar-refractivity contribution in [3.63, 3.8) is 0 Å². The molecule has 0 N–H and O–H groups in total. The molecule has 1 saturated heterocycles. The average Bonchev–Trinajstić information content (AvgIpc) is 3.05. The molecule has 1 amide bonds. The third-order valence-electron chi connectivity index (χ3n) is 4.20. The van der Waals surface area contributed by atoms with Crippen LogP contribution in [-0.2, 0) is 9.53 Å². The summed E-state index contributed by atoms with van der Waals surface area (Å²) in [6, 6.07) is 28.9. The Morgan fingerprint density at radius 3 is 2.00 bits per heavy atom. The van der Waals surface area contributed by atoms with E-state index in [0.29, 0.717) is 0 Å². The third-order valence-corrected chi connectivity index (χ3v) is 4.20. The number of carbonyl (C=O) groups is 1. The zero-order valence-electron chi connectivity index (χ0n) is 14.1. The summed E-state index contributed by atoms with van der Waals surface area (Å²) in [7, 11) is 0. The Labute approximate surface area is 152 Å². The van der Waals surface area contributed by atoms with E-state index < -0.39 is 12.3 Å². The van der Waals surface area contributed by atoms with Crippen molar-refractivity contribution in [2.45, 2.75) is 12.3 Å². The minimum atomic E-state index is -0.791. The lowest BCUT2D eigenvalue weighted by atomic mass is 10.1. The smallest absolute Gasteiger partial charge is 0.271 e. The van der Waals surface area contributed by atoms with E-state index in [4.69, 9.17) is 4.74 Å². The van der Waals surface area contributed by atoms with Crippen LogP contribution < -0.4 is 4.90 Å². The predicted octanol–water partition coefficient (Wildman–Crippen LogP) is 4.17. The minimum absolute atomic E-state index is 0.145. The molecule has 1 fully saturated rings. The Bertz CT molecular complexity index is 943. The molecule has 0 spiro atoms. The normalized spacial score (nSPS) is 19.1. The Morgan fingerprint density at radius 1 is 0.769 bits per heavy atom. The Morgan fingerprint density at radius 2 is 1.35 bits per heavy atom. The minimum Gasteiger partial charge on any atom is -0.328 e. The highest BCUT2D eigenvalue weighted by Crippen LogP contribution is 2.35. The highest BCUT2D eigenvalue weighted by Gasteiger charge is 2.41. The summed E-state index contributed by atoms with van der Waals surface area (Å²) in [4.78, 5) is 14.7. The van der Waals surface area contributed by atoms with Crippen molar-refractivity contribution in [1.82, 2.24) is 0 Å². The van der Waals surface area contributed by atoms with Gasteiger partial charge in [-0.1, -0.05) is 78.6 Å². The molecule has 1 aliphatic heterocycles. The van der Waals surface area contributed by atoms with Crippen LogP contribution in [0.1, 0.15) is 17.4 Å². The van der Waals surface area contributed by atoms with E-state index in [2.05, 4.69) is 11.8 Å². The number of benzene rings is 3. The second kappa shape index (κ2) is 7.26. The van der Waals surface area contributed by atoms with Crippen molar-refractivity contribution in [3.05, 3.63) is 102 Å². The van der Waals surface area contributed by atoms with Crippen LogP contribution in [0.3, 0.4) is 0 Å². The summed E-state index contributed by atoms with van der Waals surface area (Å²) in [6.45, 7) is 0. The molecule has 3 aromatic rings. The molecule has 26 heavy (non-hydrogen) atoms. The van der Waals surface area contributed by atoms with Crippen molar-refractivity contribution in [1.29, 1.82) is 0 Å². The molecule has 0 aliphatic carbocycles. The first-order chi connectivity index (χ1) is 12.8. The van der Waals surface area contributed by atoms with E-state index in [0.717, 1.165) is 16.8 Å². The first kappa shape index (κ1) is 16.1. The largest absolute Gasteiger partial charge is 0.328 e. The number of ether oxygens (including phenoxy) is 1. The topological polar surface area (TPSA) is 29.5 Å². The summed E-state index contributed by atoms with van der Waals surface area (Å²) in [6.07, 6.45) is -1.28. The zero-order chi connectivity index (χ0) is 17.8. The fourth-order valence-electron chi connectivity index (χ4n) is 2.95. The van der Waals surface area contributed by atoms with Gasteiger partial charge in [0.15, 0.2) is 12.3 Å². The van der Waals surface area contributed by atoms with Gasteiger partial charge >= 0.3 is 0 Å². The van der Waals surface area contributed by atoms with Gasteiger partial charge in [0.25, 0.3) is 5.91 Å². The van der Waals surface area contributed by atoms with Crippen molar-refractivity contribution < 1.29 is 9.53 Å². The molecule has 0 radical (unpaired) electrons. The Kier molecular flexibility index (Phi) is 4.51. The van der Waals surface area contributed by atoms with Crippen molar-refractivity contribution in [3.8, 4) is 11.8 Å². The van der Waals surface area contributed by atoms with E-state index >= 15 is 0 Å². The van der Waals surface area contributed by atoms with Crippen molar-refractivity contribution in [2.24, 2.45) is 0 Å². The molecule has 1 aliphatic rings. The van der Waals surface area contributed by atoms with Crippen LogP contribution in [-0.4, -0.2) is 12.0 Å². The molecule has 3 nitrogen and oxygen atoms in total. The van der Waals surface area contributed by atoms with Gasteiger partial charge in [0, 0.05) is 16.8 Å². The summed E-state index contributed by atoms with van der Waals surface area (Å²) < 4.78 is 6.05. The predicted molar refractivity (Wildman–Crippen MR) is 101 cm³/mol. The number of nitrogens with zero attached hydrogens (tertiary/aromatic N) is 1. The van der Waals surface area contributed by atoms with Crippen molar-refractivity contribution >= 4 is 11.6 Å². The second-order valence-corrected chi connectivity index (χ2v) is 5.96. The molecule has 3 aromatic carbocycles.